The first-order valence-electron chi connectivity index (χ1n) is 7.71. The summed E-state index contributed by atoms with van der Waals surface area (Å²) in [6, 6.07) is 10.2. The van der Waals surface area contributed by atoms with Crippen molar-refractivity contribution in [3.8, 4) is 0 Å². The average molecular weight is 348 g/mol. The highest BCUT2D eigenvalue weighted by Gasteiger charge is 2.32. The first kappa shape index (κ1) is 16.8. The Kier molecular flexibility index (Phi) is 4.79. The van der Waals surface area contributed by atoms with Crippen LogP contribution in [0.4, 0.5) is 5.82 Å². The van der Waals surface area contributed by atoms with Gasteiger partial charge in [-0.15, -0.1) is 0 Å². The Hall–Kier alpha value is -2.03. The molecule has 24 heavy (non-hydrogen) atoms. The molecule has 128 valence electrons. The molecular weight excluding hydrogens is 328 g/mol. The van der Waals surface area contributed by atoms with Gasteiger partial charge in [-0.25, -0.2) is 18.4 Å². The van der Waals surface area contributed by atoms with Crippen LogP contribution in [0.2, 0.25) is 0 Å². The number of nitrogens with zero attached hydrogens (tertiary/aromatic N) is 3. The van der Waals surface area contributed by atoms with Gasteiger partial charge >= 0.3 is 0 Å². The van der Waals surface area contributed by atoms with Crippen LogP contribution in [0.5, 0.6) is 0 Å². The van der Waals surface area contributed by atoms with E-state index in [1.54, 1.807) is 50.4 Å². The highest BCUT2D eigenvalue weighted by atomic mass is 32.2. The number of hydrogen-bond donors (Lipinski definition) is 1. The number of nitrogens with one attached hydrogen (secondary N) is 1. The van der Waals surface area contributed by atoms with E-state index >= 15 is 0 Å². The number of rotatable bonds is 4. The molecule has 8 heteroatoms. The first-order chi connectivity index (χ1) is 11.5. The van der Waals surface area contributed by atoms with Crippen molar-refractivity contribution in [1.82, 2.24) is 14.3 Å². The van der Waals surface area contributed by atoms with Gasteiger partial charge in [0, 0.05) is 26.2 Å². The second kappa shape index (κ2) is 6.84. The Morgan fingerprint density at radius 1 is 1.25 bits per heavy atom. The Morgan fingerprint density at radius 3 is 2.71 bits per heavy atom. The van der Waals surface area contributed by atoms with E-state index in [1.807, 2.05) is 0 Å². The highest BCUT2D eigenvalue weighted by molar-refractivity contribution is 7.89. The van der Waals surface area contributed by atoms with Gasteiger partial charge in [-0.3, -0.25) is 0 Å². The molecule has 0 unspecified atom stereocenters. The van der Waals surface area contributed by atoms with Gasteiger partial charge < -0.3 is 10.1 Å². The number of aryl methyl sites for hydroxylation is 1. The predicted molar refractivity (Wildman–Crippen MR) is 90.2 cm³/mol. The van der Waals surface area contributed by atoms with Crippen molar-refractivity contribution in [2.45, 2.75) is 17.9 Å². The molecular formula is C16H20N4O3S. The molecule has 1 atom stereocenters. The molecule has 0 aliphatic carbocycles. The third-order valence-electron chi connectivity index (χ3n) is 3.85. The van der Waals surface area contributed by atoms with Crippen molar-refractivity contribution in [2.24, 2.45) is 0 Å². The van der Waals surface area contributed by atoms with Gasteiger partial charge in [0.15, 0.2) is 0 Å². The van der Waals surface area contributed by atoms with Crippen molar-refractivity contribution < 1.29 is 13.2 Å². The standard InChI is InChI=1S/C16H20N4O3S/c1-12-18-14(10-16(17-2)19-12)15-11-20(8-9-23-15)24(21,22)13-6-4-3-5-7-13/h3-7,10,15H,8-9,11H2,1-2H3,(H,17,18,19)/t15-/m1/s1. The van der Waals surface area contributed by atoms with Crippen LogP contribution in [0.1, 0.15) is 17.6 Å². The Morgan fingerprint density at radius 2 is 2.00 bits per heavy atom. The number of ether oxygens (including phenoxy) is 1. The quantitative estimate of drug-likeness (QED) is 0.903. The lowest BCUT2D eigenvalue weighted by atomic mass is 10.2. The maximum atomic E-state index is 12.8. The lowest BCUT2D eigenvalue weighted by Crippen LogP contribution is -2.42. The largest absolute Gasteiger partial charge is 0.373 e. The van der Waals surface area contributed by atoms with E-state index in [4.69, 9.17) is 4.74 Å². The van der Waals surface area contributed by atoms with Crippen molar-refractivity contribution >= 4 is 15.8 Å². The zero-order valence-electron chi connectivity index (χ0n) is 13.6. The van der Waals surface area contributed by atoms with Gasteiger partial charge in [0.05, 0.1) is 17.2 Å². The van der Waals surface area contributed by atoms with Crippen molar-refractivity contribution in [3.63, 3.8) is 0 Å². The van der Waals surface area contributed by atoms with Gasteiger partial charge in [0.1, 0.15) is 17.7 Å². The van der Waals surface area contributed by atoms with E-state index in [0.29, 0.717) is 35.4 Å². The van der Waals surface area contributed by atoms with Crippen molar-refractivity contribution in [3.05, 3.63) is 47.9 Å². The number of benzene rings is 1. The number of anilines is 1. The smallest absolute Gasteiger partial charge is 0.243 e. The van der Waals surface area contributed by atoms with E-state index in [2.05, 4.69) is 15.3 Å². The van der Waals surface area contributed by atoms with Crippen LogP contribution in [-0.2, 0) is 14.8 Å². The van der Waals surface area contributed by atoms with Gasteiger partial charge in [0.2, 0.25) is 10.0 Å². The van der Waals surface area contributed by atoms with Crippen molar-refractivity contribution in [2.75, 3.05) is 32.1 Å². The lowest BCUT2D eigenvalue weighted by molar-refractivity contribution is -0.00505. The summed E-state index contributed by atoms with van der Waals surface area (Å²) in [5, 5.41) is 2.98. The average Bonchev–Trinajstić information content (AvgIpc) is 2.62. The molecule has 1 aromatic heterocycles. The number of hydrogen-bond acceptors (Lipinski definition) is 6. The maximum absolute atomic E-state index is 12.8. The SMILES string of the molecule is CNc1cc([C@H]2CN(S(=O)(=O)c3ccccc3)CCO2)nc(C)n1. The first-order valence-corrected chi connectivity index (χ1v) is 9.15. The number of morpholine rings is 1. The molecule has 1 fully saturated rings. The normalized spacial score (nSPS) is 19.2. The molecule has 2 aromatic rings. The van der Waals surface area contributed by atoms with E-state index in [9.17, 15) is 8.42 Å². The topological polar surface area (TPSA) is 84.4 Å². The molecule has 3 rings (SSSR count). The summed E-state index contributed by atoms with van der Waals surface area (Å²) in [5.41, 5.74) is 0.680. The minimum Gasteiger partial charge on any atom is -0.373 e. The Labute approximate surface area is 141 Å². The third kappa shape index (κ3) is 3.40. The summed E-state index contributed by atoms with van der Waals surface area (Å²) in [7, 11) is -1.76. The van der Waals surface area contributed by atoms with Crippen molar-refractivity contribution in [1.29, 1.82) is 0 Å². The van der Waals surface area contributed by atoms with Crippen LogP contribution in [-0.4, -0.2) is 49.4 Å². The van der Waals surface area contributed by atoms with Crippen LogP contribution in [0.3, 0.4) is 0 Å². The molecule has 1 saturated heterocycles. The molecule has 1 aliphatic rings. The summed E-state index contributed by atoms with van der Waals surface area (Å²) < 4.78 is 32.8. The minimum atomic E-state index is -3.53. The molecule has 2 heterocycles. The maximum Gasteiger partial charge on any atom is 0.243 e. The summed E-state index contributed by atoms with van der Waals surface area (Å²) >= 11 is 0. The summed E-state index contributed by atoms with van der Waals surface area (Å²) in [4.78, 5) is 8.94. The Balaban J connectivity index is 1.86. The zero-order chi connectivity index (χ0) is 17.2. The fourth-order valence-electron chi connectivity index (χ4n) is 2.65. The molecule has 7 nitrogen and oxygen atoms in total. The van der Waals surface area contributed by atoms with Gasteiger partial charge in [-0.05, 0) is 19.1 Å². The van der Waals surface area contributed by atoms with Crippen LogP contribution < -0.4 is 5.32 Å². The molecule has 0 amide bonds. The van der Waals surface area contributed by atoms with Crippen LogP contribution in [0, 0.1) is 6.92 Å². The van der Waals surface area contributed by atoms with Crippen LogP contribution >= 0.6 is 0 Å². The monoisotopic (exact) mass is 348 g/mol. The molecule has 0 radical (unpaired) electrons. The predicted octanol–water partition coefficient (Wildman–Crippen LogP) is 1.59. The molecule has 0 spiro atoms. The van der Waals surface area contributed by atoms with Gasteiger partial charge in [0.25, 0.3) is 0 Å². The van der Waals surface area contributed by atoms with Crippen LogP contribution in [0.25, 0.3) is 0 Å². The second-order valence-corrected chi connectivity index (χ2v) is 7.45. The third-order valence-corrected chi connectivity index (χ3v) is 5.73. The van der Waals surface area contributed by atoms with E-state index in [0.717, 1.165) is 0 Å². The Bertz CT molecular complexity index is 811. The molecule has 1 aliphatic heterocycles. The number of aromatic nitrogens is 2. The summed E-state index contributed by atoms with van der Waals surface area (Å²) in [6.07, 6.45) is -0.411. The molecule has 0 saturated carbocycles. The number of sulfonamides is 1. The summed E-state index contributed by atoms with van der Waals surface area (Å²) in [5.74, 6) is 1.30. The molecule has 1 aromatic carbocycles. The van der Waals surface area contributed by atoms with Crippen LogP contribution in [0.15, 0.2) is 41.3 Å². The second-order valence-electron chi connectivity index (χ2n) is 5.51. The fourth-order valence-corrected chi connectivity index (χ4v) is 4.09. The lowest BCUT2D eigenvalue weighted by Gasteiger charge is -2.32. The molecule has 0 bridgehead atoms. The zero-order valence-corrected chi connectivity index (χ0v) is 14.5. The molecule has 1 N–H and O–H groups in total. The fraction of sp³-hybridized carbons (Fsp3) is 0.375. The van der Waals surface area contributed by atoms with E-state index in [1.165, 1.54) is 4.31 Å². The highest BCUT2D eigenvalue weighted by Crippen LogP contribution is 2.26. The summed E-state index contributed by atoms with van der Waals surface area (Å²) in [6.45, 7) is 2.69. The van der Waals surface area contributed by atoms with E-state index < -0.39 is 16.1 Å². The van der Waals surface area contributed by atoms with Gasteiger partial charge in [-0.1, -0.05) is 18.2 Å². The minimum absolute atomic E-state index is 0.233. The van der Waals surface area contributed by atoms with E-state index in [-0.39, 0.29) is 6.54 Å². The van der Waals surface area contributed by atoms with Gasteiger partial charge in [-0.2, -0.15) is 4.31 Å².